The molecule has 1 saturated heterocycles. The highest BCUT2D eigenvalue weighted by Crippen LogP contribution is 2.23. The fourth-order valence-electron chi connectivity index (χ4n) is 7.01. The number of aliphatic hydroxyl groups is 4. The molecule has 0 saturated carbocycles. The molecule has 0 spiro atoms. The third-order valence-electron chi connectivity index (χ3n) is 10.7. The van der Waals surface area contributed by atoms with Gasteiger partial charge in [0.2, 0.25) is 0 Å². The van der Waals surface area contributed by atoms with Gasteiger partial charge in [-0.3, -0.25) is 9.59 Å². The highest BCUT2D eigenvalue weighted by Gasteiger charge is 2.44. The van der Waals surface area contributed by atoms with Crippen molar-refractivity contribution in [2.75, 3.05) is 19.8 Å². The molecule has 0 amide bonds. The van der Waals surface area contributed by atoms with Gasteiger partial charge in [0, 0.05) is 12.8 Å². The van der Waals surface area contributed by atoms with Gasteiger partial charge in [0.1, 0.15) is 31.0 Å². The van der Waals surface area contributed by atoms with Crippen LogP contribution in [-0.4, -0.2) is 89.0 Å². The molecule has 55 heavy (non-hydrogen) atoms. The molecule has 2 unspecified atom stereocenters. The average molecular weight is 785 g/mol. The third kappa shape index (κ3) is 28.5. The zero-order valence-corrected chi connectivity index (χ0v) is 35.2. The van der Waals surface area contributed by atoms with Crippen molar-refractivity contribution in [3.63, 3.8) is 0 Å². The van der Waals surface area contributed by atoms with E-state index in [-0.39, 0.29) is 32.0 Å². The number of carbonyl (C=O) groups excluding carboxylic acids is 2. The Morgan fingerprint density at radius 3 is 1.42 bits per heavy atom. The van der Waals surface area contributed by atoms with Crippen LogP contribution in [0, 0.1) is 0 Å². The second kappa shape index (κ2) is 36.8. The molecule has 1 fully saturated rings. The molecule has 6 atom stereocenters. The Balaban J connectivity index is 2.31. The number of unbranched alkanes of at least 4 members (excludes halogenated alkanes) is 25. The van der Waals surface area contributed by atoms with Crippen LogP contribution >= 0.6 is 0 Å². The van der Waals surface area contributed by atoms with E-state index in [2.05, 4.69) is 26.0 Å². The van der Waals surface area contributed by atoms with Crippen LogP contribution in [0.4, 0.5) is 0 Å². The minimum Gasteiger partial charge on any atom is -0.462 e. The highest BCUT2D eigenvalue weighted by atomic mass is 16.7. The number of hydrogen-bond donors (Lipinski definition) is 4. The van der Waals surface area contributed by atoms with Crippen LogP contribution in [-0.2, 0) is 28.5 Å². The zero-order valence-electron chi connectivity index (χ0n) is 35.2. The molecule has 0 aromatic carbocycles. The first kappa shape index (κ1) is 51.5. The number of ether oxygens (including phenoxy) is 4. The van der Waals surface area contributed by atoms with Gasteiger partial charge in [0.15, 0.2) is 12.4 Å². The summed E-state index contributed by atoms with van der Waals surface area (Å²) in [6.07, 6.45) is 30.7. The molecule has 0 radical (unpaired) electrons. The van der Waals surface area contributed by atoms with E-state index in [1.54, 1.807) is 0 Å². The number of rotatable bonds is 38. The topological polar surface area (TPSA) is 152 Å². The smallest absolute Gasteiger partial charge is 0.306 e. The molecule has 0 aromatic heterocycles. The molecule has 10 nitrogen and oxygen atoms in total. The summed E-state index contributed by atoms with van der Waals surface area (Å²) < 4.78 is 22.2. The Kier molecular flexibility index (Phi) is 34.4. The van der Waals surface area contributed by atoms with E-state index in [1.807, 2.05) is 0 Å². The van der Waals surface area contributed by atoms with Crippen LogP contribution in [0.5, 0.6) is 0 Å². The lowest BCUT2D eigenvalue weighted by Gasteiger charge is -2.39. The predicted molar refractivity (Wildman–Crippen MR) is 220 cm³/mol. The highest BCUT2D eigenvalue weighted by molar-refractivity contribution is 5.70. The first-order chi connectivity index (χ1) is 26.8. The lowest BCUT2D eigenvalue weighted by molar-refractivity contribution is -0.305. The second-order valence-electron chi connectivity index (χ2n) is 15.9. The fourth-order valence-corrected chi connectivity index (χ4v) is 7.01. The SMILES string of the molecule is CCCCCCCC/C=C/CCCCCCCCCC(=O)OC[C@@H](CO[C@H]1O[C@@H](CO)[C@@H](O)C(O)C1O)OC(=O)CCCCCCCCCCCCCCC. The van der Waals surface area contributed by atoms with E-state index >= 15 is 0 Å². The van der Waals surface area contributed by atoms with Crippen LogP contribution in [0.15, 0.2) is 12.2 Å². The van der Waals surface area contributed by atoms with Gasteiger partial charge in [-0.1, -0.05) is 167 Å². The Bertz CT molecular complexity index is 912. The maximum Gasteiger partial charge on any atom is 0.306 e. The van der Waals surface area contributed by atoms with Crippen LogP contribution in [0.1, 0.15) is 206 Å². The first-order valence-electron chi connectivity index (χ1n) is 22.8. The summed E-state index contributed by atoms with van der Waals surface area (Å²) in [6.45, 7) is 3.43. The third-order valence-corrected chi connectivity index (χ3v) is 10.7. The van der Waals surface area contributed by atoms with Crippen molar-refractivity contribution >= 4 is 11.9 Å². The molecule has 1 rings (SSSR count). The minimum atomic E-state index is -1.59. The zero-order chi connectivity index (χ0) is 40.2. The summed E-state index contributed by atoms with van der Waals surface area (Å²) in [4.78, 5) is 25.3. The number of hydrogen-bond acceptors (Lipinski definition) is 10. The van der Waals surface area contributed by atoms with Gasteiger partial charge in [-0.25, -0.2) is 0 Å². The molecule has 1 aliphatic rings. The van der Waals surface area contributed by atoms with Crippen molar-refractivity contribution in [1.82, 2.24) is 0 Å². The molecule has 1 heterocycles. The van der Waals surface area contributed by atoms with E-state index < -0.39 is 49.4 Å². The van der Waals surface area contributed by atoms with Crippen molar-refractivity contribution < 1.29 is 49.0 Å². The van der Waals surface area contributed by atoms with Crippen LogP contribution < -0.4 is 0 Å². The van der Waals surface area contributed by atoms with E-state index in [1.165, 1.54) is 122 Å². The van der Waals surface area contributed by atoms with Crippen molar-refractivity contribution in [2.45, 2.75) is 243 Å². The van der Waals surface area contributed by atoms with Crippen LogP contribution in [0.3, 0.4) is 0 Å². The Morgan fingerprint density at radius 2 is 0.964 bits per heavy atom. The number of esters is 2. The second-order valence-corrected chi connectivity index (χ2v) is 15.9. The largest absolute Gasteiger partial charge is 0.462 e. The number of aliphatic hydroxyl groups excluding tert-OH is 4. The molecule has 1 aliphatic heterocycles. The van der Waals surface area contributed by atoms with Crippen LogP contribution in [0.25, 0.3) is 0 Å². The number of allylic oxidation sites excluding steroid dienone is 2. The van der Waals surface area contributed by atoms with Gasteiger partial charge < -0.3 is 39.4 Å². The van der Waals surface area contributed by atoms with E-state index in [0.717, 1.165) is 51.4 Å². The van der Waals surface area contributed by atoms with Gasteiger partial charge >= 0.3 is 11.9 Å². The van der Waals surface area contributed by atoms with Crippen LogP contribution in [0.2, 0.25) is 0 Å². The molecule has 4 N–H and O–H groups in total. The van der Waals surface area contributed by atoms with Crippen molar-refractivity contribution in [1.29, 1.82) is 0 Å². The standard InChI is InChI=1S/C45H84O10/c1-3-5-7-9-11-13-15-17-18-19-20-22-23-25-27-29-31-33-40(47)52-36-38(37-53-45-44(51)43(50)42(49)39(35-46)55-45)54-41(48)34-32-30-28-26-24-21-16-14-12-10-8-6-4-2/h17-18,38-39,42-46,49-51H,3-16,19-37H2,1-2H3/b18-17+/t38-,39-,42+,43?,44?,45-/m0/s1. The van der Waals surface area contributed by atoms with Gasteiger partial charge in [-0.15, -0.1) is 0 Å². The van der Waals surface area contributed by atoms with E-state index in [4.69, 9.17) is 18.9 Å². The summed E-state index contributed by atoms with van der Waals surface area (Å²) in [6, 6.07) is 0. The Morgan fingerprint density at radius 1 is 0.545 bits per heavy atom. The normalized spacial score (nSPS) is 20.6. The van der Waals surface area contributed by atoms with Gasteiger partial charge in [-0.05, 0) is 38.5 Å². The predicted octanol–water partition coefficient (Wildman–Crippen LogP) is 9.56. The lowest BCUT2D eigenvalue weighted by atomic mass is 9.99. The summed E-state index contributed by atoms with van der Waals surface area (Å²) in [5.41, 5.74) is 0. The Hall–Kier alpha value is -1.56. The molecule has 324 valence electrons. The maximum absolute atomic E-state index is 12.7. The van der Waals surface area contributed by atoms with Crippen molar-refractivity contribution in [3.8, 4) is 0 Å². The quantitative estimate of drug-likeness (QED) is 0.0271. The first-order valence-corrected chi connectivity index (χ1v) is 22.8. The minimum absolute atomic E-state index is 0.214. The van der Waals surface area contributed by atoms with Crippen molar-refractivity contribution in [3.05, 3.63) is 12.2 Å². The molecule has 10 heteroatoms. The summed E-state index contributed by atoms with van der Waals surface area (Å²) >= 11 is 0. The van der Waals surface area contributed by atoms with E-state index in [0.29, 0.717) is 6.42 Å². The van der Waals surface area contributed by atoms with Gasteiger partial charge in [0.05, 0.1) is 13.2 Å². The van der Waals surface area contributed by atoms with E-state index in [9.17, 15) is 30.0 Å². The average Bonchev–Trinajstić information content (AvgIpc) is 3.18. The summed E-state index contributed by atoms with van der Waals surface area (Å²) in [7, 11) is 0. The lowest BCUT2D eigenvalue weighted by Crippen LogP contribution is -2.59. The molecular formula is C45H84O10. The molecule has 0 aliphatic carbocycles. The fraction of sp³-hybridized carbons (Fsp3) is 0.911. The van der Waals surface area contributed by atoms with Gasteiger partial charge in [0.25, 0.3) is 0 Å². The summed E-state index contributed by atoms with van der Waals surface area (Å²) in [5, 5.41) is 40.0. The molecule has 0 bridgehead atoms. The monoisotopic (exact) mass is 785 g/mol. The van der Waals surface area contributed by atoms with Gasteiger partial charge in [-0.2, -0.15) is 0 Å². The summed E-state index contributed by atoms with van der Waals surface area (Å²) in [5.74, 6) is -0.802. The molecular weight excluding hydrogens is 700 g/mol. The number of carbonyl (C=O) groups is 2. The maximum atomic E-state index is 12.7. The molecule has 0 aromatic rings. The Labute approximate surface area is 335 Å². The van der Waals surface area contributed by atoms with Crippen molar-refractivity contribution in [2.24, 2.45) is 0 Å².